The van der Waals surface area contributed by atoms with E-state index in [-0.39, 0.29) is 5.91 Å². The molecule has 74 valence electrons. The minimum atomic E-state index is -0.178. The molecular weight excluding hydrogens is 244 g/mol. The molecule has 0 fully saturated rings. The summed E-state index contributed by atoms with van der Waals surface area (Å²) in [4.78, 5) is 11.2. The molecule has 4 heteroatoms. The Kier molecular flexibility index (Phi) is 4.35. The summed E-state index contributed by atoms with van der Waals surface area (Å²) in [5.41, 5.74) is 5.97. The van der Waals surface area contributed by atoms with Gasteiger partial charge in [-0.25, -0.2) is 0 Å². The molecule has 0 aliphatic heterocycles. The van der Waals surface area contributed by atoms with Gasteiger partial charge in [-0.15, -0.1) is 0 Å². The fourth-order valence-electron chi connectivity index (χ4n) is 0.912. The van der Waals surface area contributed by atoms with Crippen LogP contribution in [0.15, 0.2) is 40.9 Å². The zero-order valence-corrected chi connectivity index (χ0v) is 9.12. The molecule has 1 amide bonds. The van der Waals surface area contributed by atoms with Crippen LogP contribution in [0.1, 0.15) is 0 Å². The van der Waals surface area contributed by atoms with Crippen LogP contribution < -0.4 is 11.1 Å². The fraction of sp³-hybridized carbons (Fsp3) is 0.100. The lowest BCUT2D eigenvalue weighted by Gasteiger charge is -2.03. The summed E-state index contributed by atoms with van der Waals surface area (Å²) in [6.07, 6.45) is 3.02. The second-order valence-electron chi connectivity index (χ2n) is 2.61. The molecule has 14 heavy (non-hydrogen) atoms. The summed E-state index contributed by atoms with van der Waals surface area (Å²) in [5, 5.41) is 2.72. The van der Waals surface area contributed by atoms with Gasteiger partial charge < -0.3 is 11.1 Å². The molecule has 0 aliphatic rings. The number of hydrogen-bond donors (Lipinski definition) is 2. The molecule has 1 aromatic rings. The molecule has 0 heterocycles. The largest absolute Gasteiger partial charge is 0.327 e. The first-order chi connectivity index (χ1) is 6.74. The van der Waals surface area contributed by atoms with E-state index in [4.69, 9.17) is 5.73 Å². The Bertz CT molecular complexity index is 350. The summed E-state index contributed by atoms with van der Waals surface area (Å²) < 4.78 is 0.856. The second kappa shape index (κ2) is 5.57. The molecule has 1 aromatic carbocycles. The lowest BCUT2D eigenvalue weighted by molar-refractivity contribution is -0.111. The fourth-order valence-corrected chi connectivity index (χ4v) is 1.30. The van der Waals surface area contributed by atoms with E-state index in [2.05, 4.69) is 21.2 Å². The molecule has 0 spiro atoms. The highest BCUT2D eigenvalue weighted by Crippen LogP contribution is 2.20. The zero-order chi connectivity index (χ0) is 10.4. The molecular formula is C10H11BrN2O. The van der Waals surface area contributed by atoms with Gasteiger partial charge in [0.2, 0.25) is 5.91 Å². The first-order valence-corrected chi connectivity index (χ1v) is 4.95. The third-order valence-electron chi connectivity index (χ3n) is 1.54. The van der Waals surface area contributed by atoms with Gasteiger partial charge in [0.05, 0.1) is 5.69 Å². The highest BCUT2D eigenvalue weighted by Gasteiger charge is 2.00. The Morgan fingerprint density at radius 1 is 1.50 bits per heavy atom. The second-order valence-corrected chi connectivity index (χ2v) is 3.46. The molecule has 0 saturated heterocycles. The molecule has 3 N–H and O–H groups in total. The molecule has 0 radical (unpaired) electrons. The Labute approximate surface area is 91.1 Å². The highest BCUT2D eigenvalue weighted by molar-refractivity contribution is 9.10. The van der Waals surface area contributed by atoms with Crippen LogP contribution in [-0.4, -0.2) is 12.5 Å². The molecule has 3 nitrogen and oxygen atoms in total. The van der Waals surface area contributed by atoms with E-state index < -0.39 is 0 Å². The van der Waals surface area contributed by atoms with Gasteiger partial charge in [0, 0.05) is 17.1 Å². The van der Waals surface area contributed by atoms with Gasteiger partial charge in [-0.3, -0.25) is 4.79 Å². The van der Waals surface area contributed by atoms with E-state index in [1.807, 2.05) is 24.3 Å². The number of nitrogens with one attached hydrogen (secondary N) is 1. The maximum atomic E-state index is 11.2. The quantitative estimate of drug-likeness (QED) is 0.810. The van der Waals surface area contributed by atoms with Gasteiger partial charge in [0.25, 0.3) is 0 Å². The van der Waals surface area contributed by atoms with Crippen LogP contribution in [-0.2, 0) is 4.79 Å². The minimum Gasteiger partial charge on any atom is -0.327 e. The number of hydrogen-bond acceptors (Lipinski definition) is 2. The van der Waals surface area contributed by atoms with Crippen LogP contribution in [0.4, 0.5) is 5.69 Å². The SMILES string of the molecule is NC/C=C/C(=O)Nc1ccccc1Br. The molecule has 0 saturated carbocycles. The molecule has 0 unspecified atom stereocenters. The Balaban J connectivity index is 2.65. The number of nitrogens with two attached hydrogens (primary N) is 1. The molecule has 0 bridgehead atoms. The van der Waals surface area contributed by atoms with Crippen molar-refractivity contribution in [3.63, 3.8) is 0 Å². The standard InChI is InChI=1S/C10H11BrN2O/c11-8-4-1-2-5-9(8)13-10(14)6-3-7-12/h1-6H,7,12H2,(H,13,14)/b6-3+. The lowest BCUT2D eigenvalue weighted by Crippen LogP contribution is -2.09. The van der Waals surface area contributed by atoms with Gasteiger partial charge in [-0.2, -0.15) is 0 Å². The van der Waals surface area contributed by atoms with Crippen LogP contribution in [0, 0.1) is 0 Å². The minimum absolute atomic E-state index is 0.178. The number of benzene rings is 1. The van der Waals surface area contributed by atoms with Gasteiger partial charge in [-0.05, 0) is 28.1 Å². The van der Waals surface area contributed by atoms with Crippen LogP contribution >= 0.6 is 15.9 Å². The van der Waals surface area contributed by atoms with Crippen LogP contribution in [0.3, 0.4) is 0 Å². The number of amides is 1. The zero-order valence-electron chi connectivity index (χ0n) is 7.53. The third kappa shape index (κ3) is 3.32. The van der Waals surface area contributed by atoms with Gasteiger partial charge >= 0.3 is 0 Å². The molecule has 0 atom stereocenters. The predicted octanol–water partition coefficient (Wildman–Crippen LogP) is 1.90. The first kappa shape index (κ1) is 10.9. The van der Waals surface area contributed by atoms with E-state index >= 15 is 0 Å². The molecule has 0 aliphatic carbocycles. The van der Waals surface area contributed by atoms with Crippen molar-refractivity contribution in [3.05, 3.63) is 40.9 Å². The summed E-state index contributed by atoms with van der Waals surface area (Å²) in [6.45, 7) is 0.364. The van der Waals surface area contributed by atoms with Crippen molar-refractivity contribution in [2.75, 3.05) is 11.9 Å². The Hall–Kier alpha value is -1.13. The summed E-state index contributed by atoms with van der Waals surface area (Å²) in [7, 11) is 0. The normalized spacial score (nSPS) is 10.4. The number of anilines is 1. The Morgan fingerprint density at radius 2 is 2.21 bits per heavy atom. The highest BCUT2D eigenvalue weighted by atomic mass is 79.9. The van der Waals surface area contributed by atoms with E-state index in [0.717, 1.165) is 10.2 Å². The number of carbonyl (C=O) groups is 1. The number of rotatable bonds is 3. The average Bonchev–Trinajstić information content (AvgIpc) is 2.18. The van der Waals surface area contributed by atoms with Crippen molar-refractivity contribution >= 4 is 27.5 Å². The Morgan fingerprint density at radius 3 is 2.86 bits per heavy atom. The summed E-state index contributed by atoms with van der Waals surface area (Å²) in [5.74, 6) is -0.178. The van der Waals surface area contributed by atoms with Crippen molar-refractivity contribution in [3.8, 4) is 0 Å². The van der Waals surface area contributed by atoms with Gasteiger partial charge in [0.15, 0.2) is 0 Å². The number of para-hydroxylation sites is 1. The van der Waals surface area contributed by atoms with E-state index in [1.54, 1.807) is 6.08 Å². The van der Waals surface area contributed by atoms with E-state index in [0.29, 0.717) is 6.54 Å². The topological polar surface area (TPSA) is 55.1 Å². The van der Waals surface area contributed by atoms with Crippen molar-refractivity contribution in [2.24, 2.45) is 5.73 Å². The summed E-state index contributed by atoms with van der Waals surface area (Å²) >= 11 is 3.33. The van der Waals surface area contributed by atoms with Crippen molar-refractivity contribution < 1.29 is 4.79 Å². The van der Waals surface area contributed by atoms with Crippen LogP contribution in [0.5, 0.6) is 0 Å². The maximum absolute atomic E-state index is 11.2. The monoisotopic (exact) mass is 254 g/mol. The average molecular weight is 255 g/mol. The van der Waals surface area contributed by atoms with Gasteiger partial charge in [0.1, 0.15) is 0 Å². The number of halogens is 1. The van der Waals surface area contributed by atoms with Crippen molar-refractivity contribution in [2.45, 2.75) is 0 Å². The van der Waals surface area contributed by atoms with Crippen molar-refractivity contribution in [1.82, 2.24) is 0 Å². The van der Waals surface area contributed by atoms with E-state index in [1.165, 1.54) is 6.08 Å². The summed E-state index contributed by atoms with van der Waals surface area (Å²) in [6, 6.07) is 7.42. The van der Waals surface area contributed by atoms with Crippen LogP contribution in [0.25, 0.3) is 0 Å². The number of carbonyl (C=O) groups excluding carboxylic acids is 1. The maximum Gasteiger partial charge on any atom is 0.248 e. The van der Waals surface area contributed by atoms with E-state index in [9.17, 15) is 4.79 Å². The smallest absolute Gasteiger partial charge is 0.248 e. The predicted molar refractivity (Wildman–Crippen MR) is 61.0 cm³/mol. The molecule has 1 rings (SSSR count). The van der Waals surface area contributed by atoms with Crippen molar-refractivity contribution in [1.29, 1.82) is 0 Å². The lowest BCUT2D eigenvalue weighted by atomic mass is 10.3. The van der Waals surface area contributed by atoms with Gasteiger partial charge in [-0.1, -0.05) is 18.2 Å². The molecule has 0 aromatic heterocycles. The third-order valence-corrected chi connectivity index (χ3v) is 2.23. The first-order valence-electron chi connectivity index (χ1n) is 4.16. The van der Waals surface area contributed by atoms with Crippen LogP contribution in [0.2, 0.25) is 0 Å².